The summed E-state index contributed by atoms with van der Waals surface area (Å²) < 4.78 is 106. The summed E-state index contributed by atoms with van der Waals surface area (Å²) in [6, 6.07) is -0.926. The quantitative estimate of drug-likeness (QED) is 0.409. The van der Waals surface area contributed by atoms with Crippen molar-refractivity contribution in [1.29, 1.82) is 0 Å². The molecule has 29 heavy (non-hydrogen) atoms. The van der Waals surface area contributed by atoms with Gasteiger partial charge in [0.05, 0.1) is 24.0 Å². The molecule has 0 spiro atoms. The van der Waals surface area contributed by atoms with Crippen molar-refractivity contribution in [1.82, 2.24) is 5.32 Å². The Morgan fingerprint density at radius 2 is 2.03 bits per heavy atom. The Morgan fingerprint density at radius 3 is 2.86 bits per heavy atom. The minimum absolute atomic E-state index is 0.0710. The number of carboxylic acid groups (broad SMARTS) is 1. The third-order valence-electron chi connectivity index (χ3n) is 3.48. The zero-order chi connectivity index (χ0) is 32.1. The van der Waals surface area contributed by atoms with Gasteiger partial charge in [0.2, 0.25) is 0 Å². The van der Waals surface area contributed by atoms with Crippen LogP contribution in [0.5, 0.6) is 0 Å². The van der Waals surface area contributed by atoms with Gasteiger partial charge in [-0.15, -0.1) is 0 Å². The molecule has 0 saturated heterocycles. The van der Waals surface area contributed by atoms with E-state index in [9.17, 15) is 15.0 Å². The summed E-state index contributed by atoms with van der Waals surface area (Å²) in [4.78, 5) is 11.4. The predicted molar refractivity (Wildman–Crippen MR) is 117 cm³/mol. The molecule has 3 rings (SSSR count). The molecule has 0 fully saturated rings. The smallest absolute Gasteiger partial charge is 0.335 e. The van der Waals surface area contributed by atoms with Crippen LogP contribution in [0.15, 0.2) is 72.6 Å². The Labute approximate surface area is 193 Å². The van der Waals surface area contributed by atoms with E-state index in [1.165, 1.54) is 18.2 Å². The Morgan fingerprint density at radius 1 is 1.21 bits per heavy atom. The topological polar surface area (TPSA) is 81.6 Å². The van der Waals surface area contributed by atoms with E-state index in [-0.39, 0.29) is 16.7 Å². The molecule has 0 amide bonds. The first-order chi connectivity index (χ1) is 19.2. The first-order valence-electron chi connectivity index (χ1n) is 14.6. The van der Waals surface area contributed by atoms with Crippen molar-refractivity contribution in [2.45, 2.75) is 6.08 Å². The average molecular weight is 424 g/mol. The molecule has 3 aromatic carbocycles. The van der Waals surface area contributed by atoms with Gasteiger partial charge < -0.3 is 20.8 Å². The molecule has 150 valence electrons. The second-order valence-electron chi connectivity index (χ2n) is 5.45. The van der Waals surface area contributed by atoms with Gasteiger partial charge in [-0.3, -0.25) is 0 Å². The van der Waals surface area contributed by atoms with Crippen LogP contribution in [0.4, 0.5) is 5.69 Å². The van der Waals surface area contributed by atoms with Gasteiger partial charge in [0.25, 0.3) is 0 Å². The van der Waals surface area contributed by atoms with Crippen molar-refractivity contribution in [2.75, 3.05) is 24.9 Å². The maximum Gasteiger partial charge on any atom is 0.335 e. The monoisotopic (exact) mass is 423 g/mol. The Balaban J connectivity index is 1.98. The van der Waals surface area contributed by atoms with Gasteiger partial charge in [0.15, 0.2) is 0 Å². The Hall–Kier alpha value is -2.86. The zero-order valence-electron chi connectivity index (χ0n) is 27.7. The standard InChI is InChI=1S/C23H23ClN2O3/c24-20-8-2-6-18(13-20)22(27)15-25-10-11-26-21-9-3-5-17(14-21)16-4-1-7-19(12-16)23(28)29/h1-9,12-14,22,25-27H,10-11,15H2,(H,28,29)/t22-/m0/s1/i2D,3D,5D,6D,8D,9D,10D2,13D,14D,15D2,22D. The third kappa shape index (κ3) is 6.06. The highest BCUT2D eigenvalue weighted by molar-refractivity contribution is 6.30. The third-order valence-corrected chi connectivity index (χ3v) is 3.67. The predicted octanol–water partition coefficient (Wildman–Crippen LogP) is 4.44. The molecule has 5 nitrogen and oxygen atoms in total. The lowest BCUT2D eigenvalue weighted by Crippen LogP contribution is -2.26. The first kappa shape index (κ1) is 9.76. The summed E-state index contributed by atoms with van der Waals surface area (Å²) in [5.41, 5.74) is -1.86. The van der Waals surface area contributed by atoms with Gasteiger partial charge >= 0.3 is 5.97 Å². The van der Waals surface area contributed by atoms with E-state index in [1.807, 2.05) is 0 Å². The van der Waals surface area contributed by atoms with Gasteiger partial charge in [-0.1, -0.05) is 47.9 Å². The van der Waals surface area contributed by atoms with Gasteiger partial charge in [0.1, 0.15) is 0 Å². The molecule has 0 aromatic heterocycles. The fourth-order valence-corrected chi connectivity index (χ4v) is 2.31. The van der Waals surface area contributed by atoms with Crippen LogP contribution < -0.4 is 10.6 Å². The molecule has 0 aliphatic carbocycles. The lowest BCUT2D eigenvalue weighted by Gasteiger charge is -2.13. The summed E-state index contributed by atoms with van der Waals surface area (Å²) in [5, 5.41) is 23.5. The molecule has 0 heterocycles. The van der Waals surface area contributed by atoms with Crippen LogP contribution >= 0.6 is 11.6 Å². The molecule has 0 bridgehead atoms. The van der Waals surface area contributed by atoms with Crippen LogP contribution in [0, 0.1) is 0 Å². The minimum atomic E-state index is -3.58. The number of rotatable bonds is 9. The minimum Gasteiger partial charge on any atom is -0.478 e. The molecule has 6 heteroatoms. The maximum absolute atomic E-state index is 11.4. The SMILES string of the molecule is [2H]c1c([2H])c(NCC([2H])([2H])NC([2H])([2H])[C@]([2H])(O)c2c([2H])c([2H])c([2H])c(Cl)c2[2H])c([2H])c(-c2cccc(C(=O)O)c2)c1[2H]. The molecule has 0 radical (unpaired) electrons. The van der Waals surface area contributed by atoms with E-state index in [1.54, 1.807) is 5.32 Å². The second-order valence-corrected chi connectivity index (χ2v) is 5.83. The van der Waals surface area contributed by atoms with Crippen LogP contribution in [0.1, 0.15) is 39.8 Å². The highest BCUT2D eigenvalue weighted by Crippen LogP contribution is 2.23. The number of carbonyl (C=O) groups is 1. The molecular formula is C23H23ClN2O3. The normalized spacial score (nSPS) is 20.3. The second kappa shape index (κ2) is 10.1. The van der Waals surface area contributed by atoms with E-state index < -0.39 is 96.2 Å². The zero-order valence-corrected chi connectivity index (χ0v) is 15.5. The Bertz CT molecular complexity index is 1560. The lowest BCUT2D eigenvalue weighted by molar-refractivity contribution is 0.0697. The number of aliphatic hydroxyl groups is 1. The maximum atomic E-state index is 11.4. The fourth-order valence-electron chi connectivity index (χ4n) is 2.17. The molecule has 3 aromatic rings. The number of nitrogens with one attached hydrogen (secondary N) is 2. The largest absolute Gasteiger partial charge is 0.478 e. The molecular weight excluding hydrogens is 388 g/mol. The van der Waals surface area contributed by atoms with E-state index in [0.29, 0.717) is 0 Å². The van der Waals surface area contributed by atoms with Crippen molar-refractivity contribution in [3.8, 4) is 11.1 Å². The number of halogens is 1. The van der Waals surface area contributed by atoms with Crippen LogP contribution in [0.25, 0.3) is 11.1 Å². The van der Waals surface area contributed by atoms with Crippen molar-refractivity contribution in [3.63, 3.8) is 0 Å². The summed E-state index contributed by atoms with van der Waals surface area (Å²) >= 11 is 5.81. The van der Waals surface area contributed by atoms with E-state index in [4.69, 9.17) is 29.4 Å². The number of benzene rings is 3. The van der Waals surface area contributed by atoms with E-state index >= 15 is 0 Å². The Kier molecular flexibility index (Phi) is 3.39. The average Bonchev–Trinajstić information content (AvgIpc) is 2.89. The first-order valence-corrected chi connectivity index (χ1v) is 8.50. The van der Waals surface area contributed by atoms with Crippen LogP contribution in [-0.4, -0.2) is 35.7 Å². The van der Waals surface area contributed by atoms with Crippen molar-refractivity contribution >= 4 is 23.3 Å². The van der Waals surface area contributed by atoms with E-state index in [2.05, 4.69) is 5.32 Å². The molecule has 1 atom stereocenters. The molecule has 0 aliphatic heterocycles. The van der Waals surface area contributed by atoms with E-state index in [0.717, 1.165) is 6.07 Å². The van der Waals surface area contributed by atoms with Gasteiger partial charge in [-0.2, -0.15) is 0 Å². The van der Waals surface area contributed by atoms with Gasteiger partial charge in [0, 0.05) is 35.7 Å². The van der Waals surface area contributed by atoms with Crippen LogP contribution in [0.2, 0.25) is 5.02 Å². The summed E-state index contributed by atoms with van der Waals surface area (Å²) in [6.45, 7) is -7.30. The summed E-state index contributed by atoms with van der Waals surface area (Å²) in [6.07, 6.45) is -3.58. The molecule has 0 saturated carbocycles. The number of hydrogen-bond donors (Lipinski definition) is 4. The lowest BCUT2D eigenvalue weighted by atomic mass is 10.0. The number of carboxylic acids is 1. The summed E-state index contributed by atoms with van der Waals surface area (Å²) in [7, 11) is 0. The van der Waals surface area contributed by atoms with Crippen molar-refractivity contribution < 1.29 is 32.8 Å². The number of anilines is 1. The highest BCUT2D eigenvalue weighted by Gasteiger charge is 2.07. The van der Waals surface area contributed by atoms with Gasteiger partial charge in [-0.25, -0.2) is 4.79 Å². The van der Waals surface area contributed by atoms with Crippen molar-refractivity contribution in [3.05, 3.63) is 88.8 Å². The van der Waals surface area contributed by atoms with Gasteiger partial charge in [-0.05, 0) is 53.0 Å². The molecule has 0 unspecified atom stereocenters. The molecule has 0 aliphatic rings. The van der Waals surface area contributed by atoms with Crippen molar-refractivity contribution in [2.24, 2.45) is 0 Å². The molecule has 4 N–H and O–H groups in total. The number of hydrogen-bond acceptors (Lipinski definition) is 4. The number of aromatic carboxylic acids is 1. The fraction of sp³-hybridized carbons (Fsp3) is 0.174. The van der Waals surface area contributed by atoms with Crippen LogP contribution in [0.3, 0.4) is 0 Å². The summed E-state index contributed by atoms with van der Waals surface area (Å²) in [5.74, 6) is -1.29. The van der Waals surface area contributed by atoms with Crippen LogP contribution in [-0.2, 0) is 0 Å². The highest BCUT2D eigenvalue weighted by atomic mass is 35.5.